The fourth-order valence-corrected chi connectivity index (χ4v) is 2.87. The van der Waals surface area contributed by atoms with Gasteiger partial charge in [0.1, 0.15) is 18.1 Å². The second-order valence-corrected chi connectivity index (χ2v) is 6.14. The maximum atomic E-state index is 13.5. The van der Waals surface area contributed by atoms with Crippen LogP contribution in [0.4, 0.5) is 25.8 Å². The van der Waals surface area contributed by atoms with E-state index in [0.29, 0.717) is 11.8 Å². The highest BCUT2D eigenvalue weighted by atomic mass is 19.1. The van der Waals surface area contributed by atoms with Crippen LogP contribution in [0.5, 0.6) is 0 Å². The molecule has 7 heteroatoms. The second kappa shape index (κ2) is 7.95. The average molecular weight is 359 g/mol. The largest absolute Gasteiger partial charge is 0.372 e. The Morgan fingerprint density at radius 1 is 0.923 bits per heavy atom. The zero-order valence-corrected chi connectivity index (χ0v) is 14.1. The van der Waals surface area contributed by atoms with Crippen LogP contribution in [0.3, 0.4) is 0 Å². The zero-order valence-electron chi connectivity index (χ0n) is 14.1. The number of carbonyl (C=O) groups excluding carboxylic acids is 2. The predicted molar refractivity (Wildman–Crippen MR) is 96.1 cm³/mol. The highest BCUT2D eigenvalue weighted by Gasteiger charge is 2.14. The molecule has 0 radical (unpaired) electrons. The van der Waals surface area contributed by atoms with E-state index in [1.165, 1.54) is 12.8 Å². The summed E-state index contributed by atoms with van der Waals surface area (Å²) >= 11 is 0. The van der Waals surface area contributed by atoms with E-state index in [-0.39, 0.29) is 5.69 Å². The number of rotatable bonds is 5. The van der Waals surface area contributed by atoms with Crippen molar-refractivity contribution in [2.24, 2.45) is 0 Å². The van der Waals surface area contributed by atoms with E-state index in [9.17, 15) is 18.4 Å². The SMILES string of the molecule is O=C(CC(=O)Nc1ccc(F)cc1F)Nc1ccc(N2CCCC2)cc1. The van der Waals surface area contributed by atoms with Gasteiger partial charge < -0.3 is 15.5 Å². The van der Waals surface area contributed by atoms with E-state index < -0.39 is 29.9 Å². The molecule has 1 aliphatic heterocycles. The van der Waals surface area contributed by atoms with Crippen molar-refractivity contribution in [3.63, 3.8) is 0 Å². The molecule has 2 amide bonds. The molecule has 5 nitrogen and oxygen atoms in total. The molecule has 3 rings (SSSR count). The number of nitrogens with one attached hydrogen (secondary N) is 2. The Balaban J connectivity index is 1.52. The monoisotopic (exact) mass is 359 g/mol. The Morgan fingerprint density at radius 2 is 1.58 bits per heavy atom. The average Bonchev–Trinajstić information content (AvgIpc) is 3.12. The van der Waals surface area contributed by atoms with Crippen LogP contribution in [-0.2, 0) is 9.59 Å². The molecule has 0 aliphatic carbocycles. The predicted octanol–water partition coefficient (Wildman–Crippen LogP) is 3.53. The van der Waals surface area contributed by atoms with E-state index in [0.717, 1.165) is 30.9 Å². The lowest BCUT2D eigenvalue weighted by atomic mass is 10.2. The summed E-state index contributed by atoms with van der Waals surface area (Å²) in [6, 6.07) is 10.2. The first-order chi connectivity index (χ1) is 12.5. The third-order valence-electron chi connectivity index (χ3n) is 4.15. The molecule has 1 fully saturated rings. The minimum atomic E-state index is -0.892. The third kappa shape index (κ3) is 4.56. The number of hydrogen-bond acceptors (Lipinski definition) is 3. The summed E-state index contributed by atoms with van der Waals surface area (Å²) in [6.45, 7) is 2.07. The summed E-state index contributed by atoms with van der Waals surface area (Å²) < 4.78 is 26.3. The van der Waals surface area contributed by atoms with Gasteiger partial charge in [0, 0.05) is 30.5 Å². The molecule has 0 aromatic heterocycles. The molecule has 0 unspecified atom stereocenters. The van der Waals surface area contributed by atoms with Crippen LogP contribution < -0.4 is 15.5 Å². The van der Waals surface area contributed by atoms with Gasteiger partial charge in [-0.1, -0.05) is 0 Å². The lowest BCUT2D eigenvalue weighted by Crippen LogP contribution is -2.22. The van der Waals surface area contributed by atoms with Gasteiger partial charge in [-0.05, 0) is 49.2 Å². The van der Waals surface area contributed by atoms with Crippen LogP contribution in [0.25, 0.3) is 0 Å². The number of anilines is 3. The molecular weight excluding hydrogens is 340 g/mol. The summed E-state index contributed by atoms with van der Waals surface area (Å²) in [4.78, 5) is 26.1. The smallest absolute Gasteiger partial charge is 0.233 e. The number of hydrogen-bond donors (Lipinski definition) is 2. The van der Waals surface area contributed by atoms with Crippen LogP contribution in [0.2, 0.25) is 0 Å². The topological polar surface area (TPSA) is 61.4 Å². The normalized spacial score (nSPS) is 13.5. The van der Waals surface area contributed by atoms with Gasteiger partial charge >= 0.3 is 0 Å². The van der Waals surface area contributed by atoms with Crippen molar-refractivity contribution in [2.45, 2.75) is 19.3 Å². The van der Waals surface area contributed by atoms with Crippen LogP contribution in [-0.4, -0.2) is 24.9 Å². The molecule has 1 heterocycles. The number of halogens is 2. The van der Waals surface area contributed by atoms with Gasteiger partial charge in [0.25, 0.3) is 0 Å². The molecule has 26 heavy (non-hydrogen) atoms. The second-order valence-electron chi connectivity index (χ2n) is 6.14. The van der Waals surface area contributed by atoms with Gasteiger partial charge in [-0.2, -0.15) is 0 Å². The molecule has 0 saturated carbocycles. The molecule has 1 saturated heterocycles. The highest BCUT2D eigenvalue weighted by molar-refractivity contribution is 6.08. The molecule has 0 spiro atoms. The molecule has 136 valence electrons. The Labute approximate surface area is 150 Å². The zero-order chi connectivity index (χ0) is 18.5. The van der Waals surface area contributed by atoms with E-state index in [1.807, 2.05) is 12.1 Å². The van der Waals surface area contributed by atoms with E-state index in [1.54, 1.807) is 12.1 Å². The first kappa shape index (κ1) is 17.8. The summed E-state index contributed by atoms with van der Waals surface area (Å²) in [5.74, 6) is -2.83. The van der Waals surface area contributed by atoms with Gasteiger partial charge in [-0.3, -0.25) is 9.59 Å². The molecule has 0 bridgehead atoms. The van der Waals surface area contributed by atoms with Crippen molar-refractivity contribution in [2.75, 3.05) is 28.6 Å². The molecule has 2 aromatic carbocycles. The van der Waals surface area contributed by atoms with Crippen molar-refractivity contribution in [1.29, 1.82) is 0 Å². The van der Waals surface area contributed by atoms with Crippen molar-refractivity contribution < 1.29 is 18.4 Å². The van der Waals surface area contributed by atoms with Gasteiger partial charge in [0.05, 0.1) is 5.69 Å². The van der Waals surface area contributed by atoms with Crippen molar-refractivity contribution >= 4 is 28.9 Å². The van der Waals surface area contributed by atoms with Crippen LogP contribution in [0, 0.1) is 11.6 Å². The summed E-state index contributed by atoms with van der Waals surface area (Å²) in [5.41, 5.74) is 1.52. The lowest BCUT2D eigenvalue weighted by molar-refractivity contribution is -0.123. The van der Waals surface area contributed by atoms with Gasteiger partial charge in [0.15, 0.2) is 0 Å². The first-order valence-corrected chi connectivity index (χ1v) is 8.41. The fourth-order valence-electron chi connectivity index (χ4n) is 2.87. The van der Waals surface area contributed by atoms with Gasteiger partial charge in [-0.15, -0.1) is 0 Å². The van der Waals surface area contributed by atoms with Crippen molar-refractivity contribution in [3.8, 4) is 0 Å². The Hall–Kier alpha value is -2.96. The Kier molecular flexibility index (Phi) is 5.46. The summed E-state index contributed by atoms with van der Waals surface area (Å²) in [7, 11) is 0. The highest BCUT2D eigenvalue weighted by Crippen LogP contribution is 2.22. The first-order valence-electron chi connectivity index (χ1n) is 8.41. The minimum Gasteiger partial charge on any atom is -0.372 e. The quantitative estimate of drug-likeness (QED) is 0.803. The number of amides is 2. The van der Waals surface area contributed by atoms with Crippen LogP contribution in [0.15, 0.2) is 42.5 Å². The molecule has 1 aliphatic rings. The minimum absolute atomic E-state index is 0.167. The number of carbonyl (C=O) groups is 2. The lowest BCUT2D eigenvalue weighted by Gasteiger charge is -2.17. The Bertz CT molecular complexity index is 803. The molecule has 2 aromatic rings. The fraction of sp³-hybridized carbons (Fsp3) is 0.263. The molecule has 0 atom stereocenters. The van der Waals surface area contributed by atoms with Crippen LogP contribution >= 0.6 is 0 Å². The van der Waals surface area contributed by atoms with Gasteiger partial charge in [-0.25, -0.2) is 8.78 Å². The Morgan fingerprint density at radius 3 is 2.23 bits per heavy atom. The maximum Gasteiger partial charge on any atom is 0.233 e. The van der Waals surface area contributed by atoms with Crippen molar-refractivity contribution in [1.82, 2.24) is 0 Å². The number of benzene rings is 2. The van der Waals surface area contributed by atoms with E-state index in [2.05, 4.69) is 15.5 Å². The number of nitrogens with zero attached hydrogens (tertiary/aromatic N) is 1. The maximum absolute atomic E-state index is 13.5. The summed E-state index contributed by atoms with van der Waals surface area (Å²) in [5, 5.41) is 4.88. The third-order valence-corrected chi connectivity index (χ3v) is 4.15. The summed E-state index contributed by atoms with van der Waals surface area (Å²) in [6.07, 6.45) is 1.90. The van der Waals surface area contributed by atoms with E-state index in [4.69, 9.17) is 0 Å². The van der Waals surface area contributed by atoms with Crippen molar-refractivity contribution in [3.05, 3.63) is 54.1 Å². The standard InChI is InChI=1S/C19H19F2N3O2/c20-13-3-8-17(16(21)11-13)23-19(26)12-18(25)22-14-4-6-15(7-5-14)24-9-1-2-10-24/h3-8,11H,1-2,9-10,12H2,(H,22,25)(H,23,26). The molecular formula is C19H19F2N3O2. The molecule has 2 N–H and O–H groups in total. The van der Waals surface area contributed by atoms with E-state index >= 15 is 0 Å². The van der Waals surface area contributed by atoms with Gasteiger partial charge in [0.2, 0.25) is 11.8 Å². The van der Waals surface area contributed by atoms with Crippen LogP contribution in [0.1, 0.15) is 19.3 Å².